The van der Waals surface area contributed by atoms with E-state index in [1.54, 1.807) is 38.3 Å². The Morgan fingerprint density at radius 3 is 2.11 bits per heavy atom. The number of methoxy groups -OCH3 is 1. The number of benzene rings is 2. The summed E-state index contributed by atoms with van der Waals surface area (Å²) in [5.74, 6) is 0.0357. The molecular weight excluding hydrogens is 525 g/mol. The Balaban J connectivity index is 2.44. The molecule has 36 heavy (non-hydrogen) atoms. The number of hydrogen-bond donors (Lipinski definition) is 1. The van der Waals surface area contributed by atoms with Gasteiger partial charge in [-0.25, -0.2) is 8.42 Å². The fourth-order valence-corrected chi connectivity index (χ4v) is 4.91. The molecule has 11 heteroatoms. The highest BCUT2D eigenvalue weighted by atomic mass is 35.5. The second-order valence-electron chi connectivity index (χ2n) is 8.83. The number of ether oxygens (including phenoxy) is 1. The molecule has 198 valence electrons. The van der Waals surface area contributed by atoms with E-state index >= 15 is 0 Å². The Labute approximate surface area is 223 Å². The van der Waals surface area contributed by atoms with Gasteiger partial charge in [0, 0.05) is 23.1 Å². The minimum absolute atomic E-state index is 0.102. The lowest BCUT2D eigenvalue weighted by Gasteiger charge is -2.33. The average Bonchev–Trinajstić information content (AvgIpc) is 2.79. The summed E-state index contributed by atoms with van der Waals surface area (Å²) >= 11 is 12.2. The van der Waals surface area contributed by atoms with Crippen LogP contribution in [-0.2, 0) is 26.2 Å². The molecule has 0 aliphatic carbocycles. The SMILES string of the molecule is CC[C@H](C(=O)NCC(C)C)N(Cc1ccc(OC)cc1)C(=O)CN(c1cc(Cl)cc(Cl)c1)S(C)(=O)=O. The zero-order valence-electron chi connectivity index (χ0n) is 21.1. The molecule has 0 unspecified atom stereocenters. The number of rotatable bonds is 12. The summed E-state index contributed by atoms with van der Waals surface area (Å²) in [5, 5.41) is 3.34. The molecular formula is C25H33Cl2N3O5S. The van der Waals surface area contributed by atoms with Gasteiger partial charge in [0.25, 0.3) is 0 Å². The van der Waals surface area contributed by atoms with Gasteiger partial charge in [-0.2, -0.15) is 0 Å². The zero-order chi connectivity index (χ0) is 27.0. The van der Waals surface area contributed by atoms with Gasteiger partial charge in [-0.1, -0.05) is 56.1 Å². The summed E-state index contributed by atoms with van der Waals surface area (Å²) in [5.41, 5.74) is 0.918. The van der Waals surface area contributed by atoms with Crippen LogP contribution in [0.2, 0.25) is 10.0 Å². The molecule has 0 heterocycles. The maximum absolute atomic E-state index is 13.7. The number of nitrogens with zero attached hydrogens (tertiary/aromatic N) is 2. The van der Waals surface area contributed by atoms with Crippen LogP contribution in [0.5, 0.6) is 5.75 Å². The van der Waals surface area contributed by atoms with E-state index in [0.717, 1.165) is 16.1 Å². The van der Waals surface area contributed by atoms with Crippen LogP contribution in [0.25, 0.3) is 0 Å². The summed E-state index contributed by atoms with van der Waals surface area (Å²) < 4.78 is 31.5. The van der Waals surface area contributed by atoms with Crippen molar-refractivity contribution in [3.8, 4) is 5.75 Å². The van der Waals surface area contributed by atoms with Gasteiger partial charge in [0.1, 0.15) is 18.3 Å². The van der Waals surface area contributed by atoms with Crippen molar-refractivity contribution in [2.75, 3.05) is 30.8 Å². The van der Waals surface area contributed by atoms with Crippen LogP contribution in [0.4, 0.5) is 5.69 Å². The fourth-order valence-electron chi connectivity index (χ4n) is 3.57. The van der Waals surface area contributed by atoms with E-state index in [2.05, 4.69) is 5.32 Å². The van der Waals surface area contributed by atoms with Gasteiger partial charge < -0.3 is 15.0 Å². The van der Waals surface area contributed by atoms with Gasteiger partial charge in [0.15, 0.2) is 0 Å². The first-order valence-electron chi connectivity index (χ1n) is 11.5. The zero-order valence-corrected chi connectivity index (χ0v) is 23.5. The molecule has 2 rings (SSSR count). The molecule has 1 N–H and O–H groups in total. The Bertz CT molecular complexity index is 1140. The quantitative estimate of drug-likeness (QED) is 0.418. The van der Waals surface area contributed by atoms with Crippen molar-refractivity contribution in [2.24, 2.45) is 5.92 Å². The minimum atomic E-state index is -3.88. The van der Waals surface area contributed by atoms with Gasteiger partial charge in [-0.05, 0) is 48.2 Å². The van der Waals surface area contributed by atoms with Crippen LogP contribution in [-0.4, -0.2) is 57.6 Å². The number of halogens is 2. The van der Waals surface area contributed by atoms with Crippen molar-refractivity contribution in [1.82, 2.24) is 10.2 Å². The van der Waals surface area contributed by atoms with Crippen LogP contribution < -0.4 is 14.4 Å². The van der Waals surface area contributed by atoms with E-state index in [-0.39, 0.29) is 34.1 Å². The Kier molecular flexibility index (Phi) is 10.9. The van der Waals surface area contributed by atoms with Crippen LogP contribution in [0.1, 0.15) is 32.8 Å². The number of carbonyl (C=O) groups is 2. The second kappa shape index (κ2) is 13.2. The number of hydrogen-bond acceptors (Lipinski definition) is 5. The van der Waals surface area contributed by atoms with E-state index in [1.807, 2.05) is 13.8 Å². The van der Waals surface area contributed by atoms with Gasteiger partial charge >= 0.3 is 0 Å². The number of sulfonamides is 1. The van der Waals surface area contributed by atoms with E-state index in [4.69, 9.17) is 27.9 Å². The van der Waals surface area contributed by atoms with Crippen LogP contribution in [0.3, 0.4) is 0 Å². The molecule has 0 aliphatic heterocycles. The van der Waals surface area contributed by atoms with Gasteiger partial charge in [-0.3, -0.25) is 13.9 Å². The molecule has 0 saturated heterocycles. The first-order valence-corrected chi connectivity index (χ1v) is 14.1. The fraction of sp³-hybridized carbons (Fsp3) is 0.440. The Hall–Kier alpha value is -2.49. The highest BCUT2D eigenvalue weighted by Crippen LogP contribution is 2.27. The molecule has 1 atom stereocenters. The van der Waals surface area contributed by atoms with E-state index in [9.17, 15) is 18.0 Å². The monoisotopic (exact) mass is 557 g/mol. The lowest BCUT2D eigenvalue weighted by atomic mass is 10.1. The largest absolute Gasteiger partial charge is 0.497 e. The lowest BCUT2D eigenvalue weighted by Crippen LogP contribution is -2.52. The predicted octanol–water partition coefficient (Wildman–Crippen LogP) is 4.35. The molecule has 0 aliphatic rings. The van der Waals surface area contributed by atoms with Crippen molar-refractivity contribution in [3.05, 3.63) is 58.1 Å². The predicted molar refractivity (Wildman–Crippen MR) is 144 cm³/mol. The lowest BCUT2D eigenvalue weighted by molar-refractivity contribution is -0.140. The third kappa shape index (κ3) is 8.57. The van der Waals surface area contributed by atoms with Crippen LogP contribution in [0, 0.1) is 5.92 Å². The average molecular weight is 559 g/mol. The molecule has 2 amide bonds. The Morgan fingerprint density at radius 1 is 1.06 bits per heavy atom. The molecule has 2 aromatic carbocycles. The molecule has 0 saturated carbocycles. The number of anilines is 1. The smallest absolute Gasteiger partial charge is 0.244 e. The third-order valence-corrected chi connectivity index (χ3v) is 6.97. The molecule has 0 fully saturated rings. The topological polar surface area (TPSA) is 96.0 Å². The maximum Gasteiger partial charge on any atom is 0.244 e. The van der Waals surface area contributed by atoms with Gasteiger partial charge in [0.2, 0.25) is 21.8 Å². The first kappa shape index (κ1) is 29.7. The standard InChI is InChI=1S/C25H33Cl2N3O5S/c1-6-23(25(32)28-14-17(2)3)29(15-18-7-9-22(35-4)10-8-18)24(31)16-30(36(5,33)34)21-12-19(26)11-20(27)13-21/h7-13,17,23H,6,14-16H2,1-5H3,(H,28,32)/t23-/m1/s1. The Morgan fingerprint density at radius 2 is 1.64 bits per heavy atom. The molecule has 0 radical (unpaired) electrons. The van der Waals surface area contributed by atoms with E-state index in [1.165, 1.54) is 23.1 Å². The van der Waals surface area contributed by atoms with E-state index < -0.39 is 28.5 Å². The highest BCUT2D eigenvalue weighted by Gasteiger charge is 2.32. The van der Waals surface area contributed by atoms with E-state index in [0.29, 0.717) is 18.7 Å². The van der Waals surface area contributed by atoms with Crippen molar-refractivity contribution < 1.29 is 22.7 Å². The minimum Gasteiger partial charge on any atom is -0.497 e. The maximum atomic E-state index is 13.7. The van der Waals surface area contributed by atoms with Crippen molar-refractivity contribution in [3.63, 3.8) is 0 Å². The normalized spacial score (nSPS) is 12.2. The summed E-state index contributed by atoms with van der Waals surface area (Å²) in [6.45, 7) is 5.78. The van der Waals surface area contributed by atoms with Gasteiger partial charge in [0.05, 0.1) is 19.1 Å². The number of amides is 2. The summed E-state index contributed by atoms with van der Waals surface area (Å²) in [4.78, 5) is 28.1. The van der Waals surface area contributed by atoms with Crippen molar-refractivity contribution in [2.45, 2.75) is 39.8 Å². The first-order chi connectivity index (χ1) is 16.8. The number of carbonyl (C=O) groups excluding carboxylic acids is 2. The summed E-state index contributed by atoms with van der Waals surface area (Å²) in [6.07, 6.45) is 1.34. The van der Waals surface area contributed by atoms with Crippen LogP contribution in [0.15, 0.2) is 42.5 Å². The van der Waals surface area contributed by atoms with Crippen molar-refractivity contribution >= 4 is 50.7 Å². The second-order valence-corrected chi connectivity index (χ2v) is 11.6. The molecule has 0 aromatic heterocycles. The number of nitrogens with one attached hydrogen (secondary N) is 1. The molecule has 0 bridgehead atoms. The molecule has 8 nitrogen and oxygen atoms in total. The third-order valence-electron chi connectivity index (χ3n) is 5.40. The molecule has 2 aromatic rings. The van der Waals surface area contributed by atoms with Crippen molar-refractivity contribution in [1.29, 1.82) is 0 Å². The summed E-state index contributed by atoms with van der Waals surface area (Å²) in [6, 6.07) is 10.6. The molecule has 0 spiro atoms. The highest BCUT2D eigenvalue weighted by molar-refractivity contribution is 7.92. The summed E-state index contributed by atoms with van der Waals surface area (Å²) in [7, 11) is -2.33. The van der Waals surface area contributed by atoms with Gasteiger partial charge in [-0.15, -0.1) is 0 Å². The van der Waals surface area contributed by atoms with Crippen LogP contribution >= 0.6 is 23.2 Å².